The average molecular weight is 578 g/mol. The number of piperidine rings is 2. The zero-order valence-corrected chi connectivity index (χ0v) is 24.8. The van der Waals surface area contributed by atoms with Gasteiger partial charge in [-0.2, -0.15) is 5.26 Å². The van der Waals surface area contributed by atoms with Gasteiger partial charge in [0.2, 0.25) is 0 Å². The minimum Gasteiger partial charge on any atom is -0.451 e. The molecule has 1 N–H and O–H groups in total. The van der Waals surface area contributed by atoms with Crippen molar-refractivity contribution in [2.75, 3.05) is 26.2 Å². The lowest BCUT2D eigenvalue weighted by Crippen LogP contribution is -2.44. The Kier molecular flexibility index (Phi) is 8.73. The Morgan fingerprint density at radius 3 is 2.30 bits per heavy atom. The maximum absolute atomic E-state index is 13.1. The Balaban J connectivity index is 0.973. The first-order chi connectivity index (χ1) is 20.9. The van der Waals surface area contributed by atoms with Crippen LogP contribution in [-0.4, -0.2) is 58.3 Å². The van der Waals surface area contributed by atoms with Gasteiger partial charge in [0.1, 0.15) is 11.4 Å². The molecule has 0 spiro atoms. The number of nitrogens with one attached hydrogen (secondary N) is 1. The average Bonchev–Trinajstić information content (AvgIpc) is 3.64. The van der Waals surface area contributed by atoms with Gasteiger partial charge in [-0.15, -0.1) is 0 Å². The standard InChI is InChI=1S/C35H39N5O3/c1-38-14-2-3-31(38)24-40-15-10-28(11-16-40)32(41)20-27-8-9-33-29(19-27)21-34(43-33)35(42)37-30-12-17-39(18-13-30)23-26-6-4-25(22-36)5-7-26/h2-9,14,19,21,28,30H,10-13,15-18,20,23-24H2,1H3,(H,37,42). The third kappa shape index (κ3) is 7.07. The minimum absolute atomic E-state index is 0.0987. The molecule has 4 heterocycles. The second-order valence-electron chi connectivity index (χ2n) is 12.1. The van der Waals surface area contributed by atoms with Crippen molar-refractivity contribution in [2.24, 2.45) is 13.0 Å². The van der Waals surface area contributed by atoms with E-state index in [0.717, 1.165) is 75.9 Å². The third-order valence-corrected chi connectivity index (χ3v) is 9.07. The second kappa shape index (κ2) is 13.0. The van der Waals surface area contributed by atoms with E-state index in [0.29, 0.717) is 29.1 Å². The predicted octanol–water partition coefficient (Wildman–Crippen LogP) is 5.06. The topological polar surface area (TPSA) is 94.5 Å². The summed E-state index contributed by atoms with van der Waals surface area (Å²) >= 11 is 0. The van der Waals surface area contributed by atoms with Gasteiger partial charge in [0.15, 0.2) is 5.76 Å². The number of Topliss-reactive ketones (excluding diaryl/α,β-unsaturated/α-hetero) is 1. The van der Waals surface area contributed by atoms with Gasteiger partial charge in [-0.1, -0.05) is 18.2 Å². The van der Waals surface area contributed by atoms with E-state index in [4.69, 9.17) is 9.68 Å². The number of hydrogen-bond acceptors (Lipinski definition) is 6. The Morgan fingerprint density at radius 1 is 0.907 bits per heavy atom. The number of aromatic nitrogens is 1. The van der Waals surface area contributed by atoms with E-state index < -0.39 is 0 Å². The van der Waals surface area contributed by atoms with E-state index in [1.807, 2.05) is 42.5 Å². The van der Waals surface area contributed by atoms with Gasteiger partial charge in [0.25, 0.3) is 5.91 Å². The quantitative estimate of drug-likeness (QED) is 0.299. The summed E-state index contributed by atoms with van der Waals surface area (Å²) in [5, 5.41) is 13.0. The zero-order valence-electron chi connectivity index (χ0n) is 24.8. The van der Waals surface area contributed by atoms with E-state index in [1.54, 1.807) is 6.07 Å². The molecule has 4 aromatic rings. The Morgan fingerprint density at radius 2 is 1.60 bits per heavy atom. The smallest absolute Gasteiger partial charge is 0.287 e. The fourth-order valence-electron chi connectivity index (χ4n) is 6.40. The first-order valence-electron chi connectivity index (χ1n) is 15.3. The maximum atomic E-state index is 13.1. The normalized spacial score (nSPS) is 17.2. The number of rotatable bonds is 9. The van der Waals surface area contributed by atoms with Crippen LogP contribution in [0.3, 0.4) is 0 Å². The molecule has 6 rings (SSSR count). The van der Waals surface area contributed by atoms with Gasteiger partial charge >= 0.3 is 0 Å². The van der Waals surface area contributed by atoms with E-state index in [-0.39, 0.29) is 17.9 Å². The summed E-state index contributed by atoms with van der Waals surface area (Å²) in [6.07, 6.45) is 6.03. The zero-order chi connectivity index (χ0) is 29.8. The summed E-state index contributed by atoms with van der Waals surface area (Å²) < 4.78 is 8.05. The number of carbonyl (C=O) groups is 2. The highest BCUT2D eigenvalue weighted by atomic mass is 16.3. The minimum atomic E-state index is -0.193. The van der Waals surface area contributed by atoms with E-state index >= 15 is 0 Å². The van der Waals surface area contributed by atoms with Crippen LogP contribution in [0.1, 0.15) is 58.6 Å². The number of likely N-dealkylation sites (tertiary alicyclic amines) is 2. The van der Waals surface area contributed by atoms with E-state index in [2.05, 4.69) is 51.1 Å². The number of amides is 1. The van der Waals surface area contributed by atoms with Crippen molar-refractivity contribution in [1.82, 2.24) is 19.7 Å². The van der Waals surface area contributed by atoms with Crippen molar-refractivity contribution < 1.29 is 14.0 Å². The molecule has 222 valence electrons. The molecule has 1 amide bonds. The number of fused-ring (bicyclic) bond motifs is 1. The molecule has 2 saturated heterocycles. The van der Waals surface area contributed by atoms with Gasteiger partial charge in [-0.3, -0.25) is 19.4 Å². The summed E-state index contributed by atoms with van der Waals surface area (Å²) in [5.74, 6) is 0.511. The molecule has 0 aliphatic carbocycles. The number of aryl methyl sites for hydroxylation is 1. The molecule has 0 bridgehead atoms. The molecule has 0 unspecified atom stereocenters. The van der Waals surface area contributed by atoms with Crippen molar-refractivity contribution in [3.05, 3.63) is 95.0 Å². The third-order valence-electron chi connectivity index (χ3n) is 9.07. The van der Waals surface area contributed by atoms with Gasteiger partial charge < -0.3 is 14.3 Å². The van der Waals surface area contributed by atoms with Crippen LogP contribution >= 0.6 is 0 Å². The number of furan rings is 1. The van der Waals surface area contributed by atoms with Crippen molar-refractivity contribution in [2.45, 2.75) is 51.2 Å². The number of nitrogens with zero attached hydrogens (tertiary/aromatic N) is 4. The Bertz CT molecular complexity index is 1610. The first-order valence-corrected chi connectivity index (χ1v) is 15.3. The van der Waals surface area contributed by atoms with Crippen molar-refractivity contribution in [1.29, 1.82) is 5.26 Å². The molecule has 43 heavy (non-hydrogen) atoms. The monoisotopic (exact) mass is 577 g/mol. The maximum Gasteiger partial charge on any atom is 0.287 e. The van der Waals surface area contributed by atoms with Crippen LogP contribution in [0.15, 0.2) is 71.3 Å². The number of ketones is 1. The number of hydrogen-bond donors (Lipinski definition) is 1. The Labute approximate surface area is 252 Å². The first kappa shape index (κ1) is 28.9. The summed E-state index contributed by atoms with van der Waals surface area (Å²) in [6.45, 7) is 5.45. The van der Waals surface area contributed by atoms with Crippen molar-refractivity contribution in [3.63, 3.8) is 0 Å². The van der Waals surface area contributed by atoms with Crippen LogP contribution in [0.5, 0.6) is 0 Å². The van der Waals surface area contributed by atoms with Gasteiger partial charge in [-0.25, -0.2) is 0 Å². The molecule has 0 saturated carbocycles. The van der Waals surface area contributed by atoms with Crippen molar-refractivity contribution >= 4 is 22.7 Å². The molecule has 8 heteroatoms. The molecule has 2 fully saturated rings. The fourth-order valence-corrected chi connectivity index (χ4v) is 6.40. The molecular weight excluding hydrogens is 538 g/mol. The number of nitriles is 1. The predicted molar refractivity (Wildman–Crippen MR) is 165 cm³/mol. The van der Waals surface area contributed by atoms with Crippen LogP contribution in [0.25, 0.3) is 11.0 Å². The largest absolute Gasteiger partial charge is 0.451 e. The molecule has 2 aliphatic heterocycles. The van der Waals surface area contributed by atoms with Crippen molar-refractivity contribution in [3.8, 4) is 6.07 Å². The molecule has 0 atom stereocenters. The Hall–Kier alpha value is -4.19. The second-order valence-corrected chi connectivity index (χ2v) is 12.1. The van der Waals surface area contributed by atoms with E-state index in [1.165, 1.54) is 11.3 Å². The molecule has 2 aliphatic rings. The summed E-state index contributed by atoms with van der Waals surface area (Å²) in [7, 11) is 2.07. The van der Waals surface area contributed by atoms with Gasteiger partial charge in [-0.05, 0) is 92.4 Å². The van der Waals surface area contributed by atoms with Crippen LogP contribution in [-0.2, 0) is 31.4 Å². The van der Waals surface area contributed by atoms with Gasteiger partial charge in [0, 0.05) is 68.9 Å². The lowest BCUT2D eigenvalue weighted by atomic mass is 9.89. The number of benzene rings is 2. The molecule has 2 aromatic carbocycles. The number of carbonyl (C=O) groups excluding carboxylic acids is 2. The lowest BCUT2D eigenvalue weighted by molar-refractivity contribution is -0.123. The summed E-state index contributed by atoms with van der Waals surface area (Å²) in [6, 6.07) is 21.8. The van der Waals surface area contributed by atoms with Crippen LogP contribution in [0.2, 0.25) is 0 Å². The highest BCUT2D eigenvalue weighted by Gasteiger charge is 2.26. The molecule has 0 radical (unpaired) electrons. The van der Waals surface area contributed by atoms with Crippen LogP contribution in [0.4, 0.5) is 0 Å². The van der Waals surface area contributed by atoms with Crippen LogP contribution < -0.4 is 5.32 Å². The summed E-state index contributed by atoms with van der Waals surface area (Å²) in [4.78, 5) is 31.0. The lowest BCUT2D eigenvalue weighted by Gasteiger charge is -2.32. The highest BCUT2D eigenvalue weighted by molar-refractivity contribution is 5.96. The summed E-state index contributed by atoms with van der Waals surface area (Å²) in [5.41, 5.74) is 4.78. The molecular formula is C35H39N5O3. The SMILES string of the molecule is Cn1cccc1CN1CCC(C(=O)Cc2ccc3oc(C(=O)NC4CCN(Cc5ccc(C#N)cc5)CC4)cc3c2)CC1. The van der Waals surface area contributed by atoms with Gasteiger partial charge in [0.05, 0.1) is 11.6 Å². The van der Waals surface area contributed by atoms with Crippen LogP contribution in [0, 0.1) is 17.2 Å². The fraction of sp³-hybridized carbons (Fsp3) is 0.400. The molecule has 8 nitrogen and oxygen atoms in total. The highest BCUT2D eigenvalue weighted by Crippen LogP contribution is 2.25. The molecule has 2 aromatic heterocycles. The van der Waals surface area contributed by atoms with E-state index in [9.17, 15) is 9.59 Å².